The largest absolute Gasteiger partial charge is 0.383 e. The third kappa shape index (κ3) is 2.55. The molecule has 0 bridgehead atoms. The van der Waals surface area contributed by atoms with Crippen LogP contribution in [0.2, 0.25) is 0 Å². The van der Waals surface area contributed by atoms with Crippen LogP contribution in [0.3, 0.4) is 0 Å². The molecular weight excluding hydrogens is 256 g/mol. The van der Waals surface area contributed by atoms with Gasteiger partial charge in [-0.05, 0) is 26.0 Å². The smallest absolute Gasteiger partial charge is 0.276 e. The van der Waals surface area contributed by atoms with E-state index in [0.29, 0.717) is 17.2 Å². The summed E-state index contributed by atoms with van der Waals surface area (Å²) in [5, 5.41) is 10.0. The number of pyridine rings is 1. The number of imidazole rings is 1. The molecule has 1 N–H and O–H groups in total. The zero-order chi connectivity index (χ0) is 14.9. The molecule has 2 aromatic rings. The fraction of sp³-hybridized carbons (Fsp3) is 0.357. The van der Waals surface area contributed by atoms with Crippen LogP contribution in [0.15, 0.2) is 30.7 Å². The number of aliphatic hydroxyl groups is 1. The maximum atomic E-state index is 12.5. The van der Waals surface area contributed by atoms with E-state index in [-0.39, 0.29) is 5.91 Å². The Kier molecular flexibility index (Phi) is 3.59. The average Bonchev–Trinajstić information content (AvgIpc) is 2.80. The second-order valence-corrected chi connectivity index (χ2v) is 5.16. The fourth-order valence-electron chi connectivity index (χ4n) is 2.02. The Morgan fingerprint density at radius 2 is 2.10 bits per heavy atom. The summed E-state index contributed by atoms with van der Waals surface area (Å²) in [6.07, 6.45) is 4.74. The van der Waals surface area contributed by atoms with Crippen molar-refractivity contribution in [3.8, 4) is 0 Å². The number of aromatic nitrogens is 3. The number of hydrogen-bond acceptors (Lipinski definition) is 4. The van der Waals surface area contributed by atoms with Gasteiger partial charge in [0.15, 0.2) is 0 Å². The predicted molar refractivity (Wildman–Crippen MR) is 75.4 cm³/mol. The standard InChI is InChI=1S/C14H18N4O2/c1-14(2,20)13-16-9-11(18(13)4)12(19)17(3)10-6-5-7-15-8-10/h5-9,20H,1-4H3. The van der Waals surface area contributed by atoms with Gasteiger partial charge in [0.1, 0.15) is 17.1 Å². The van der Waals surface area contributed by atoms with Gasteiger partial charge in [-0.15, -0.1) is 0 Å². The molecule has 0 radical (unpaired) electrons. The molecule has 2 rings (SSSR count). The molecule has 1 amide bonds. The summed E-state index contributed by atoms with van der Waals surface area (Å²) in [5.41, 5.74) is 0.0113. The minimum absolute atomic E-state index is 0.205. The van der Waals surface area contributed by atoms with Crippen molar-refractivity contribution >= 4 is 11.6 Å². The molecule has 0 atom stereocenters. The van der Waals surface area contributed by atoms with Crippen molar-refractivity contribution < 1.29 is 9.90 Å². The van der Waals surface area contributed by atoms with Gasteiger partial charge in [0.05, 0.1) is 18.1 Å². The first kappa shape index (κ1) is 14.2. The van der Waals surface area contributed by atoms with Crippen molar-refractivity contribution in [2.75, 3.05) is 11.9 Å². The van der Waals surface area contributed by atoms with Crippen LogP contribution in [0.5, 0.6) is 0 Å². The second-order valence-electron chi connectivity index (χ2n) is 5.16. The van der Waals surface area contributed by atoms with Crippen molar-refractivity contribution in [2.24, 2.45) is 7.05 Å². The van der Waals surface area contributed by atoms with Crippen LogP contribution in [-0.4, -0.2) is 32.6 Å². The number of amides is 1. The minimum Gasteiger partial charge on any atom is -0.383 e. The highest BCUT2D eigenvalue weighted by Gasteiger charge is 2.26. The highest BCUT2D eigenvalue weighted by Crippen LogP contribution is 2.20. The first-order valence-corrected chi connectivity index (χ1v) is 6.25. The summed E-state index contributed by atoms with van der Waals surface area (Å²) < 4.78 is 1.61. The molecule has 6 heteroatoms. The lowest BCUT2D eigenvalue weighted by Gasteiger charge is -2.19. The lowest BCUT2D eigenvalue weighted by molar-refractivity contribution is 0.0655. The van der Waals surface area contributed by atoms with Crippen LogP contribution in [0.1, 0.15) is 30.2 Å². The van der Waals surface area contributed by atoms with Crippen molar-refractivity contribution in [1.82, 2.24) is 14.5 Å². The van der Waals surface area contributed by atoms with E-state index in [0.717, 1.165) is 0 Å². The zero-order valence-electron chi connectivity index (χ0n) is 12.0. The van der Waals surface area contributed by atoms with E-state index in [2.05, 4.69) is 9.97 Å². The lowest BCUT2D eigenvalue weighted by Crippen LogP contribution is -2.29. The van der Waals surface area contributed by atoms with E-state index in [1.54, 1.807) is 57.0 Å². The number of carbonyl (C=O) groups excluding carboxylic acids is 1. The van der Waals surface area contributed by atoms with Gasteiger partial charge in [-0.25, -0.2) is 4.98 Å². The van der Waals surface area contributed by atoms with Crippen LogP contribution < -0.4 is 4.90 Å². The summed E-state index contributed by atoms with van der Waals surface area (Å²) in [6, 6.07) is 3.57. The zero-order valence-corrected chi connectivity index (χ0v) is 12.0. The first-order chi connectivity index (χ1) is 9.32. The highest BCUT2D eigenvalue weighted by molar-refractivity contribution is 6.04. The Labute approximate surface area is 117 Å². The normalized spacial score (nSPS) is 11.4. The number of rotatable bonds is 3. The van der Waals surface area contributed by atoms with Gasteiger partial charge in [0.2, 0.25) is 0 Å². The Bertz CT molecular complexity index is 614. The third-order valence-corrected chi connectivity index (χ3v) is 3.09. The van der Waals surface area contributed by atoms with Gasteiger partial charge < -0.3 is 14.6 Å². The molecular formula is C14H18N4O2. The van der Waals surface area contributed by atoms with Gasteiger partial charge in [-0.1, -0.05) is 0 Å². The maximum Gasteiger partial charge on any atom is 0.276 e. The summed E-state index contributed by atoms with van der Waals surface area (Å²) in [7, 11) is 3.39. The maximum absolute atomic E-state index is 12.5. The highest BCUT2D eigenvalue weighted by atomic mass is 16.3. The molecule has 0 aliphatic heterocycles. The van der Waals surface area contributed by atoms with Gasteiger partial charge in [-0.2, -0.15) is 0 Å². The molecule has 6 nitrogen and oxygen atoms in total. The quantitative estimate of drug-likeness (QED) is 0.916. The Morgan fingerprint density at radius 3 is 2.60 bits per heavy atom. The molecule has 0 saturated carbocycles. The lowest BCUT2D eigenvalue weighted by atomic mass is 10.1. The molecule has 0 unspecified atom stereocenters. The third-order valence-electron chi connectivity index (χ3n) is 3.09. The Balaban J connectivity index is 2.33. The first-order valence-electron chi connectivity index (χ1n) is 6.25. The van der Waals surface area contributed by atoms with E-state index in [9.17, 15) is 9.90 Å². The summed E-state index contributed by atoms with van der Waals surface area (Å²) in [4.78, 5) is 22.1. The summed E-state index contributed by atoms with van der Waals surface area (Å²) >= 11 is 0. The van der Waals surface area contributed by atoms with Crippen LogP contribution in [-0.2, 0) is 12.6 Å². The van der Waals surface area contributed by atoms with Crippen molar-refractivity contribution in [3.05, 3.63) is 42.2 Å². The van der Waals surface area contributed by atoms with Gasteiger partial charge in [0.25, 0.3) is 5.91 Å². The molecule has 0 aliphatic rings. The number of anilines is 1. The second kappa shape index (κ2) is 5.05. The number of hydrogen-bond donors (Lipinski definition) is 1. The summed E-state index contributed by atoms with van der Waals surface area (Å²) in [6.45, 7) is 3.27. The van der Waals surface area contributed by atoms with E-state index in [4.69, 9.17) is 0 Å². The van der Waals surface area contributed by atoms with E-state index in [1.807, 2.05) is 0 Å². The molecule has 0 aliphatic carbocycles. The molecule has 0 aromatic carbocycles. The van der Waals surface area contributed by atoms with Gasteiger partial charge in [-0.3, -0.25) is 9.78 Å². The minimum atomic E-state index is -1.10. The predicted octanol–water partition coefficient (Wildman–Crippen LogP) is 1.32. The fourth-order valence-corrected chi connectivity index (χ4v) is 2.02. The van der Waals surface area contributed by atoms with E-state index in [1.165, 1.54) is 11.1 Å². The van der Waals surface area contributed by atoms with Gasteiger partial charge in [0, 0.05) is 20.3 Å². The molecule has 2 heterocycles. The molecule has 2 aromatic heterocycles. The van der Waals surface area contributed by atoms with Crippen molar-refractivity contribution in [1.29, 1.82) is 0 Å². The Morgan fingerprint density at radius 1 is 1.40 bits per heavy atom. The van der Waals surface area contributed by atoms with E-state index >= 15 is 0 Å². The molecule has 106 valence electrons. The van der Waals surface area contributed by atoms with Crippen LogP contribution in [0.4, 0.5) is 5.69 Å². The van der Waals surface area contributed by atoms with Crippen molar-refractivity contribution in [3.63, 3.8) is 0 Å². The SMILES string of the molecule is CN(C(=O)c1cnc(C(C)(C)O)n1C)c1cccnc1. The monoisotopic (exact) mass is 274 g/mol. The van der Waals surface area contributed by atoms with E-state index < -0.39 is 5.60 Å². The van der Waals surface area contributed by atoms with Crippen molar-refractivity contribution in [2.45, 2.75) is 19.4 Å². The Hall–Kier alpha value is -2.21. The van der Waals surface area contributed by atoms with Crippen LogP contribution in [0.25, 0.3) is 0 Å². The molecule has 0 fully saturated rings. The molecule has 0 spiro atoms. The topological polar surface area (TPSA) is 71.2 Å². The molecule has 20 heavy (non-hydrogen) atoms. The molecule has 0 saturated heterocycles. The van der Waals surface area contributed by atoms with Gasteiger partial charge >= 0.3 is 0 Å². The average molecular weight is 274 g/mol. The number of nitrogens with zero attached hydrogens (tertiary/aromatic N) is 4. The number of carbonyl (C=O) groups is 1. The van der Waals surface area contributed by atoms with Crippen LogP contribution >= 0.6 is 0 Å². The van der Waals surface area contributed by atoms with Crippen LogP contribution in [0, 0.1) is 0 Å². The summed E-state index contributed by atoms with van der Waals surface area (Å²) in [5.74, 6) is 0.240.